The van der Waals surface area contributed by atoms with Gasteiger partial charge in [0, 0.05) is 19.5 Å². The predicted octanol–water partition coefficient (Wildman–Crippen LogP) is 2.25. The molecule has 0 spiro atoms. The van der Waals surface area contributed by atoms with Gasteiger partial charge in [-0.05, 0) is 67.2 Å². The van der Waals surface area contributed by atoms with Gasteiger partial charge in [0.15, 0.2) is 0 Å². The molecule has 0 aliphatic carbocycles. The van der Waals surface area contributed by atoms with E-state index in [1.54, 1.807) is 20.8 Å². The number of nitrogens with one attached hydrogen (secondary N) is 2. The number of esters is 1. The van der Waals surface area contributed by atoms with Gasteiger partial charge in [0.05, 0.1) is 6.04 Å². The molecule has 0 aromatic carbocycles. The molecule has 27 heavy (non-hydrogen) atoms. The highest BCUT2D eigenvalue weighted by atomic mass is 16.6. The molecule has 0 aliphatic rings. The number of ether oxygens (including phenoxy) is 2. The van der Waals surface area contributed by atoms with E-state index in [1.807, 2.05) is 20.8 Å². The van der Waals surface area contributed by atoms with Crippen molar-refractivity contribution < 1.29 is 23.9 Å². The molecule has 1 atom stereocenters. The topological polar surface area (TPSA) is 120 Å². The fraction of sp³-hybridized carbons (Fsp3) is 0.842. The molecule has 8 heteroatoms. The van der Waals surface area contributed by atoms with E-state index in [9.17, 15) is 14.4 Å². The molecular weight excluding hydrogens is 350 g/mol. The van der Waals surface area contributed by atoms with Crippen LogP contribution in [0.15, 0.2) is 0 Å². The highest BCUT2D eigenvalue weighted by Crippen LogP contribution is 2.09. The second kappa shape index (κ2) is 11.8. The van der Waals surface area contributed by atoms with Crippen molar-refractivity contribution in [2.45, 2.75) is 90.9 Å². The molecular formula is C19H37N3O5. The SMILES string of the molecule is CC(C)(C)OC(=O)CCCNC(=O)[C@@H](N)CCCCNC(=O)OC(C)(C)C. The zero-order valence-electron chi connectivity index (χ0n) is 17.6. The van der Waals surface area contributed by atoms with E-state index in [0.29, 0.717) is 38.8 Å². The molecule has 0 aromatic rings. The molecule has 8 nitrogen and oxygen atoms in total. The van der Waals surface area contributed by atoms with Gasteiger partial charge in [0.2, 0.25) is 5.91 Å². The minimum absolute atomic E-state index is 0.237. The largest absolute Gasteiger partial charge is 0.460 e. The maximum absolute atomic E-state index is 11.9. The number of carbonyl (C=O) groups excluding carboxylic acids is 3. The summed E-state index contributed by atoms with van der Waals surface area (Å²) in [6.07, 6.45) is 2.25. The predicted molar refractivity (Wildman–Crippen MR) is 104 cm³/mol. The Morgan fingerprint density at radius 2 is 1.41 bits per heavy atom. The lowest BCUT2D eigenvalue weighted by Gasteiger charge is -2.19. The third-order valence-corrected chi connectivity index (χ3v) is 3.22. The third-order valence-electron chi connectivity index (χ3n) is 3.22. The third kappa shape index (κ3) is 16.1. The van der Waals surface area contributed by atoms with Gasteiger partial charge in [-0.2, -0.15) is 0 Å². The van der Waals surface area contributed by atoms with Crippen molar-refractivity contribution in [3.05, 3.63) is 0 Å². The zero-order valence-corrected chi connectivity index (χ0v) is 17.6. The second-order valence-corrected chi connectivity index (χ2v) is 8.51. The van der Waals surface area contributed by atoms with Gasteiger partial charge < -0.3 is 25.8 Å². The molecule has 158 valence electrons. The first-order valence-corrected chi connectivity index (χ1v) is 9.52. The fourth-order valence-corrected chi connectivity index (χ4v) is 2.09. The molecule has 0 bridgehead atoms. The summed E-state index contributed by atoms with van der Waals surface area (Å²) < 4.78 is 10.3. The molecule has 0 saturated heterocycles. The van der Waals surface area contributed by atoms with Gasteiger partial charge in [-0.3, -0.25) is 9.59 Å². The fourth-order valence-electron chi connectivity index (χ4n) is 2.09. The van der Waals surface area contributed by atoms with Crippen molar-refractivity contribution in [1.29, 1.82) is 0 Å². The van der Waals surface area contributed by atoms with E-state index in [4.69, 9.17) is 15.2 Å². The first-order chi connectivity index (χ1) is 12.3. The van der Waals surface area contributed by atoms with Crippen LogP contribution in [0.2, 0.25) is 0 Å². The van der Waals surface area contributed by atoms with E-state index in [0.717, 1.165) is 0 Å². The highest BCUT2D eigenvalue weighted by Gasteiger charge is 2.17. The molecule has 0 fully saturated rings. The average molecular weight is 388 g/mol. The summed E-state index contributed by atoms with van der Waals surface area (Å²) in [6.45, 7) is 11.7. The minimum Gasteiger partial charge on any atom is -0.460 e. The van der Waals surface area contributed by atoms with Crippen molar-refractivity contribution in [2.75, 3.05) is 13.1 Å². The van der Waals surface area contributed by atoms with Crippen molar-refractivity contribution >= 4 is 18.0 Å². The van der Waals surface area contributed by atoms with Crippen LogP contribution in [0.3, 0.4) is 0 Å². The van der Waals surface area contributed by atoms with Gasteiger partial charge >= 0.3 is 12.1 Å². The van der Waals surface area contributed by atoms with Gasteiger partial charge in [0.1, 0.15) is 11.2 Å². The number of hydrogen-bond acceptors (Lipinski definition) is 6. The summed E-state index contributed by atoms with van der Waals surface area (Å²) in [5, 5.41) is 5.39. The Morgan fingerprint density at radius 1 is 0.852 bits per heavy atom. The number of unbranched alkanes of at least 4 members (excludes halogenated alkanes) is 1. The Kier molecular flexibility index (Phi) is 11.0. The van der Waals surface area contributed by atoms with Crippen LogP contribution < -0.4 is 16.4 Å². The van der Waals surface area contributed by atoms with E-state index >= 15 is 0 Å². The van der Waals surface area contributed by atoms with Crippen molar-refractivity contribution in [3.63, 3.8) is 0 Å². The van der Waals surface area contributed by atoms with Crippen molar-refractivity contribution in [3.8, 4) is 0 Å². The number of amides is 2. The van der Waals surface area contributed by atoms with Crippen molar-refractivity contribution in [2.24, 2.45) is 5.73 Å². The Bertz CT molecular complexity index is 481. The van der Waals surface area contributed by atoms with Crippen LogP contribution in [0, 0.1) is 0 Å². The Hall–Kier alpha value is -1.83. The van der Waals surface area contributed by atoms with Crippen LogP contribution >= 0.6 is 0 Å². The Morgan fingerprint density at radius 3 is 1.96 bits per heavy atom. The van der Waals surface area contributed by atoms with Gasteiger partial charge in [-0.1, -0.05) is 0 Å². The smallest absolute Gasteiger partial charge is 0.407 e. The van der Waals surface area contributed by atoms with Gasteiger partial charge in [-0.25, -0.2) is 4.79 Å². The molecule has 0 unspecified atom stereocenters. The summed E-state index contributed by atoms with van der Waals surface area (Å²) in [4.78, 5) is 34.9. The number of nitrogens with two attached hydrogens (primary N) is 1. The van der Waals surface area contributed by atoms with E-state index in [1.165, 1.54) is 0 Å². The number of alkyl carbamates (subject to hydrolysis) is 1. The maximum Gasteiger partial charge on any atom is 0.407 e. The lowest BCUT2D eigenvalue weighted by Crippen LogP contribution is -2.41. The summed E-state index contributed by atoms with van der Waals surface area (Å²) >= 11 is 0. The van der Waals surface area contributed by atoms with E-state index < -0.39 is 23.3 Å². The number of carbonyl (C=O) groups is 3. The van der Waals surface area contributed by atoms with Crippen LogP contribution in [0.1, 0.15) is 73.6 Å². The van der Waals surface area contributed by atoms with Crippen LogP contribution in [0.25, 0.3) is 0 Å². The molecule has 0 aromatic heterocycles. The van der Waals surface area contributed by atoms with E-state index in [2.05, 4.69) is 10.6 Å². The van der Waals surface area contributed by atoms with Crippen LogP contribution in [-0.4, -0.2) is 48.3 Å². The molecule has 0 radical (unpaired) electrons. The minimum atomic E-state index is -0.604. The lowest BCUT2D eigenvalue weighted by molar-refractivity contribution is -0.155. The van der Waals surface area contributed by atoms with Crippen LogP contribution in [0.5, 0.6) is 0 Å². The lowest BCUT2D eigenvalue weighted by atomic mass is 10.1. The standard InChI is InChI=1S/C19H37N3O5/c1-18(2,3)26-15(23)11-9-13-21-16(24)14(20)10-7-8-12-22-17(25)27-19(4,5)6/h14H,7-13,20H2,1-6H3,(H,21,24)(H,22,25)/t14-/m0/s1. The van der Waals surface area contributed by atoms with E-state index in [-0.39, 0.29) is 18.3 Å². The molecule has 0 rings (SSSR count). The zero-order chi connectivity index (χ0) is 21.1. The molecule has 0 heterocycles. The van der Waals surface area contributed by atoms with Crippen LogP contribution in [0.4, 0.5) is 4.79 Å². The summed E-state index contributed by atoms with van der Waals surface area (Å²) in [5.74, 6) is -0.516. The molecule has 4 N–H and O–H groups in total. The Labute approximate surface area is 162 Å². The first kappa shape index (κ1) is 25.2. The number of hydrogen-bond donors (Lipinski definition) is 3. The molecule has 0 saturated carbocycles. The monoisotopic (exact) mass is 387 g/mol. The average Bonchev–Trinajstić information content (AvgIpc) is 2.47. The first-order valence-electron chi connectivity index (χ1n) is 9.52. The summed E-state index contributed by atoms with van der Waals surface area (Å²) in [6, 6.07) is -0.604. The number of rotatable bonds is 10. The summed E-state index contributed by atoms with van der Waals surface area (Å²) in [7, 11) is 0. The molecule has 2 amide bonds. The maximum atomic E-state index is 11.9. The van der Waals surface area contributed by atoms with Gasteiger partial charge in [-0.15, -0.1) is 0 Å². The van der Waals surface area contributed by atoms with Crippen molar-refractivity contribution in [1.82, 2.24) is 10.6 Å². The highest BCUT2D eigenvalue weighted by molar-refractivity contribution is 5.81. The summed E-state index contributed by atoms with van der Waals surface area (Å²) in [5.41, 5.74) is 4.83. The molecule has 0 aliphatic heterocycles. The quantitative estimate of drug-likeness (QED) is 0.391. The van der Waals surface area contributed by atoms with Gasteiger partial charge in [0.25, 0.3) is 0 Å². The second-order valence-electron chi connectivity index (χ2n) is 8.51. The Balaban J connectivity index is 3.76. The normalized spacial score (nSPS) is 12.9. The van der Waals surface area contributed by atoms with Crippen LogP contribution in [-0.2, 0) is 19.1 Å².